The molecule has 0 nitrogen and oxygen atoms in total. The van der Waals surface area contributed by atoms with Crippen molar-refractivity contribution in [2.45, 2.75) is 33.6 Å². The lowest BCUT2D eigenvalue weighted by Crippen LogP contribution is -2.13. The normalized spacial score (nSPS) is 11.4. The smallest absolute Gasteiger partial charge is 0.00384 e. The second-order valence-corrected chi connectivity index (χ2v) is 5.52. The average Bonchev–Trinajstić information content (AvgIpc) is 2.02. The molecule has 0 aliphatic carbocycles. The molecule has 1 aromatic rings. The minimum Gasteiger partial charge on any atom is -0.0893 e. The molecule has 0 aliphatic rings. The number of rotatable bonds is 3. The van der Waals surface area contributed by atoms with Gasteiger partial charge in [0, 0.05) is 6.42 Å². The predicted molar refractivity (Wildman–Crippen MR) is 66.8 cm³/mol. The maximum atomic E-state index is 5.38. The van der Waals surface area contributed by atoms with Gasteiger partial charge in [0.1, 0.15) is 0 Å². The van der Waals surface area contributed by atoms with Gasteiger partial charge in [0.25, 0.3) is 0 Å². The number of thiocarbonyl (C=S) groups is 1. The standard InChI is InChI=1S/C13H18S/c1-13(2,3)10-12(14)9-11-7-5-4-6-8-11/h4-8H,9-10H2,1-3H3. The molecule has 0 saturated carbocycles. The van der Waals surface area contributed by atoms with E-state index in [1.165, 1.54) is 5.56 Å². The lowest BCUT2D eigenvalue weighted by Gasteiger charge is -2.18. The van der Waals surface area contributed by atoms with Crippen LogP contribution < -0.4 is 0 Å². The molecule has 0 spiro atoms. The Bertz CT molecular complexity index is 293. The van der Waals surface area contributed by atoms with Gasteiger partial charge in [-0.3, -0.25) is 0 Å². The van der Waals surface area contributed by atoms with Crippen LogP contribution in [0.25, 0.3) is 0 Å². The fraction of sp³-hybridized carbons (Fsp3) is 0.462. The monoisotopic (exact) mass is 206 g/mol. The molecule has 0 amide bonds. The van der Waals surface area contributed by atoms with Crippen molar-refractivity contribution in [3.8, 4) is 0 Å². The maximum absolute atomic E-state index is 5.38. The van der Waals surface area contributed by atoms with Crippen molar-refractivity contribution in [3.63, 3.8) is 0 Å². The van der Waals surface area contributed by atoms with Crippen LogP contribution in [-0.4, -0.2) is 4.86 Å². The van der Waals surface area contributed by atoms with E-state index in [1.807, 2.05) is 6.07 Å². The van der Waals surface area contributed by atoms with Crippen LogP contribution in [0.4, 0.5) is 0 Å². The quantitative estimate of drug-likeness (QED) is 0.673. The lowest BCUT2D eigenvalue weighted by atomic mass is 9.89. The zero-order chi connectivity index (χ0) is 10.6. The SMILES string of the molecule is CC(C)(C)CC(=S)Cc1ccccc1. The third-order valence-electron chi connectivity index (χ3n) is 1.97. The van der Waals surface area contributed by atoms with Gasteiger partial charge in [0.05, 0.1) is 0 Å². The van der Waals surface area contributed by atoms with Crippen molar-refractivity contribution in [3.05, 3.63) is 35.9 Å². The van der Waals surface area contributed by atoms with Gasteiger partial charge in [0.2, 0.25) is 0 Å². The summed E-state index contributed by atoms with van der Waals surface area (Å²) < 4.78 is 0. The first kappa shape index (κ1) is 11.4. The van der Waals surface area contributed by atoms with Crippen LogP contribution in [-0.2, 0) is 6.42 Å². The highest BCUT2D eigenvalue weighted by Crippen LogP contribution is 2.20. The summed E-state index contributed by atoms with van der Waals surface area (Å²) in [5.41, 5.74) is 1.63. The van der Waals surface area contributed by atoms with Gasteiger partial charge >= 0.3 is 0 Å². The molecule has 0 heterocycles. The van der Waals surface area contributed by atoms with Gasteiger partial charge in [-0.1, -0.05) is 63.3 Å². The van der Waals surface area contributed by atoms with E-state index < -0.39 is 0 Å². The van der Waals surface area contributed by atoms with Crippen LogP contribution in [0.1, 0.15) is 32.8 Å². The second-order valence-electron chi connectivity index (χ2n) is 4.94. The van der Waals surface area contributed by atoms with Crippen molar-refractivity contribution in [2.24, 2.45) is 5.41 Å². The topological polar surface area (TPSA) is 0 Å². The molecule has 76 valence electrons. The lowest BCUT2D eigenvalue weighted by molar-refractivity contribution is 0.434. The molecule has 0 saturated heterocycles. The van der Waals surface area contributed by atoms with Crippen molar-refractivity contribution in [1.29, 1.82) is 0 Å². The highest BCUT2D eigenvalue weighted by atomic mass is 32.1. The minimum absolute atomic E-state index is 0.311. The highest BCUT2D eigenvalue weighted by molar-refractivity contribution is 7.80. The molecule has 1 heteroatoms. The van der Waals surface area contributed by atoms with E-state index in [2.05, 4.69) is 45.0 Å². The van der Waals surface area contributed by atoms with Crippen LogP contribution in [0.3, 0.4) is 0 Å². The summed E-state index contributed by atoms with van der Waals surface area (Å²) >= 11 is 5.38. The van der Waals surface area contributed by atoms with Crippen LogP contribution in [0, 0.1) is 5.41 Å². The minimum atomic E-state index is 0.311. The Morgan fingerprint density at radius 2 is 1.71 bits per heavy atom. The van der Waals surface area contributed by atoms with Crippen LogP contribution in [0.15, 0.2) is 30.3 Å². The Labute approximate surface area is 92.3 Å². The Balaban J connectivity index is 2.50. The molecule has 0 unspecified atom stereocenters. The third-order valence-corrected chi connectivity index (χ3v) is 2.26. The number of hydrogen-bond donors (Lipinski definition) is 0. The first-order chi connectivity index (χ1) is 6.47. The van der Waals surface area contributed by atoms with Crippen LogP contribution in [0.5, 0.6) is 0 Å². The van der Waals surface area contributed by atoms with Gasteiger partial charge in [-0.25, -0.2) is 0 Å². The molecular weight excluding hydrogens is 188 g/mol. The van der Waals surface area contributed by atoms with E-state index in [1.54, 1.807) is 0 Å². The third kappa shape index (κ3) is 4.52. The molecular formula is C13H18S. The molecule has 14 heavy (non-hydrogen) atoms. The number of benzene rings is 1. The zero-order valence-electron chi connectivity index (χ0n) is 9.21. The van der Waals surface area contributed by atoms with Crippen LogP contribution in [0.2, 0.25) is 0 Å². The summed E-state index contributed by atoms with van der Waals surface area (Å²) in [7, 11) is 0. The van der Waals surface area contributed by atoms with Crippen LogP contribution >= 0.6 is 12.2 Å². The highest BCUT2D eigenvalue weighted by Gasteiger charge is 2.13. The van der Waals surface area contributed by atoms with Crippen molar-refractivity contribution >= 4 is 17.1 Å². The van der Waals surface area contributed by atoms with E-state index in [4.69, 9.17) is 12.2 Å². The van der Waals surface area contributed by atoms with E-state index in [-0.39, 0.29) is 0 Å². The summed E-state index contributed by atoms with van der Waals surface area (Å²) in [6, 6.07) is 10.4. The van der Waals surface area contributed by atoms with Gasteiger partial charge < -0.3 is 0 Å². The first-order valence-electron chi connectivity index (χ1n) is 5.03. The van der Waals surface area contributed by atoms with Gasteiger partial charge in [0.15, 0.2) is 0 Å². The number of hydrogen-bond acceptors (Lipinski definition) is 1. The molecule has 0 N–H and O–H groups in total. The largest absolute Gasteiger partial charge is 0.0893 e. The van der Waals surface area contributed by atoms with Gasteiger partial charge in [-0.2, -0.15) is 0 Å². The van der Waals surface area contributed by atoms with Crippen molar-refractivity contribution < 1.29 is 0 Å². The molecule has 0 aliphatic heterocycles. The fourth-order valence-electron chi connectivity index (χ4n) is 1.48. The Kier molecular flexibility index (Phi) is 3.82. The van der Waals surface area contributed by atoms with Crippen molar-refractivity contribution in [1.82, 2.24) is 0 Å². The molecule has 0 aromatic heterocycles. The summed E-state index contributed by atoms with van der Waals surface area (Å²) in [5, 5.41) is 0. The Morgan fingerprint density at radius 3 is 2.21 bits per heavy atom. The molecule has 0 bridgehead atoms. The molecule has 0 atom stereocenters. The fourth-order valence-corrected chi connectivity index (χ4v) is 2.08. The van der Waals surface area contributed by atoms with Crippen molar-refractivity contribution in [2.75, 3.05) is 0 Å². The Hall–Kier alpha value is -0.690. The summed E-state index contributed by atoms with van der Waals surface area (Å²) in [6.07, 6.45) is 1.96. The van der Waals surface area contributed by atoms with E-state index in [0.29, 0.717) is 5.41 Å². The average molecular weight is 206 g/mol. The molecule has 1 rings (SSSR count). The van der Waals surface area contributed by atoms with E-state index in [9.17, 15) is 0 Å². The molecule has 0 fully saturated rings. The maximum Gasteiger partial charge on any atom is 0.00384 e. The molecule has 1 aromatic carbocycles. The summed E-state index contributed by atoms with van der Waals surface area (Å²) in [5.74, 6) is 0. The van der Waals surface area contributed by atoms with Gasteiger partial charge in [-0.15, -0.1) is 0 Å². The zero-order valence-corrected chi connectivity index (χ0v) is 10.0. The van der Waals surface area contributed by atoms with E-state index in [0.717, 1.165) is 17.7 Å². The summed E-state index contributed by atoms with van der Waals surface area (Å²) in [6.45, 7) is 6.68. The molecule has 0 radical (unpaired) electrons. The second kappa shape index (κ2) is 4.70. The summed E-state index contributed by atoms with van der Waals surface area (Å²) in [4.78, 5) is 1.16. The van der Waals surface area contributed by atoms with Gasteiger partial charge in [-0.05, 0) is 22.3 Å². The predicted octanol–water partition coefficient (Wildman–Crippen LogP) is 4.04. The first-order valence-corrected chi connectivity index (χ1v) is 5.44. The van der Waals surface area contributed by atoms with E-state index >= 15 is 0 Å². The Morgan fingerprint density at radius 1 is 1.14 bits per heavy atom.